The molecule has 2 nitrogen and oxygen atoms in total. The molecule has 0 unspecified atom stereocenters. The van der Waals surface area contributed by atoms with Crippen LogP contribution in [0.25, 0.3) is 0 Å². The second-order valence-corrected chi connectivity index (χ2v) is 6.51. The van der Waals surface area contributed by atoms with Crippen molar-refractivity contribution in [1.82, 2.24) is 4.90 Å². The van der Waals surface area contributed by atoms with Crippen LogP contribution in [0.2, 0.25) is 0 Å². The number of benzene rings is 1. The van der Waals surface area contributed by atoms with E-state index in [-0.39, 0.29) is 12.4 Å². The van der Waals surface area contributed by atoms with E-state index in [0.717, 1.165) is 12.3 Å². The van der Waals surface area contributed by atoms with E-state index in [1.807, 2.05) is 12.1 Å². The lowest BCUT2D eigenvalue weighted by Crippen LogP contribution is -2.10. The van der Waals surface area contributed by atoms with Crippen LogP contribution in [0.1, 0.15) is 5.56 Å². The van der Waals surface area contributed by atoms with Gasteiger partial charge in [-0.05, 0) is 49.3 Å². The first-order valence-corrected chi connectivity index (χ1v) is 7.41. The smallest absolute Gasteiger partial charge is 0.119 e. The van der Waals surface area contributed by atoms with Crippen molar-refractivity contribution >= 4 is 35.5 Å². The summed E-state index contributed by atoms with van der Waals surface area (Å²) in [4.78, 5) is 3.41. The first kappa shape index (κ1) is 16.4. The largest absolute Gasteiger partial charge is 0.497 e. The number of hydrogen-bond donors (Lipinski definition) is 0. The molecule has 0 saturated heterocycles. The van der Waals surface area contributed by atoms with Gasteiger partial charge in [0, 0.05) is 11.4 Å². The zero-order valence-corrected chi connectivity index (χ0v) is 13.7. The summed E-state index contributed by atoms with van der Waals surface area (Å²) in [5, 5.41) is 2.15. The molecule has 0 amide bonds. The fourth-order valence-electron chi connectivity index (χ4n) is 1.64. The maximum absolute atomic E-state index is 5.25. The van der Waals surface area contributed by atoms with Crippen molar-refractivity contribution in [2.24, 2.45) is 0 Å². The predicted molar refractivity (Wildman–Crippen MR) is 86.1 cm³/mol. The third kappa shape index (κ3) is 4.73. The minimum Gasteiger partial charge on any atom is -0.497 e. The molecule has 0 saturated carbocycles. The van der Waals surface area contributed by atoms with Crippen molar-refractivity contribution in [1.29, 1.82) is 0 Å². The molecule has 19 heavy (non-hydrogen) atoms. The van der Waals surface area contributed by atoms with E-state index in [1.165, 1.54) is 14.7 Å². The Balaban J connectivity index is 0.00000180. The highest BCUT2D eigenvalue weighted by Gasteiger charge is 2.07. The van der Waals surface area contributed by atoms with Crippen LogP contribution in [-0.4, -0.2) is 26.1 Å². The Morgan fingerprint density at radius 2 is 2.05 bits per heavy atom. The molecule has 0 spiro atoms. The quantitative estimate of drug-likeness (QED) is 0.812. The van der Waals surface area contributed by atoms with E-state index in [1.54, 1.807) is 30.2 Å². The summed E-state index contributed by atoms with van der Waals surface area (Å²) in [7, 11) is 5.89. The number of thiophene rings is 1. The Morgan fingerprint density at radius 1 is 1.26 bits per heavy atom. The standard InChI is InChI=1S/C14H17NOS2.ClH/c1-15(2)10-11-7-8-17-14(11)18-13-6-4-5-12(9-13)16-3;/h4-9H,10H2,1-3H3;1H. The van der Waals surface area contributed by atoms with Crippen molar-refractivity contribution in [2.75, 3.05) is 21.2 Å². The summed E-state index contributed by atoms with van der Waals surface area (Å²) < 4.78 is 6.61. The van der Waals surface area contributed by atoms with E-state index in [0.29, 0.717) is 0 Å². The molecule has 1 aromatic carbocycles. The average Bonchev–Trinajstić information content (AvgIpc) is 2.76. The number of methoxy groups -OCH3 is 1. The van der Waals surface area contributed by atoms with Gasteiger partial charge in [0.15, 0.2) is 0 Å². The lowest BCUT2D eigenvalue weighted by Gasteiger charge is -2.10. The van der Waals surface area contributed by atoms with Crippen molar-refractivity contribution in [3.63, 3.8) is 0 Å². The van der Waals surface area contributed by atoms with Gasteiger partial charge >= 0.3 is 0 Å². The first-order valence-electron chi connectivity index (χ1n) is 5.72. The zero-order valence-electron chi connectivity index (χ0n) is 11.3. The zero-order chi connectivity index (χ0) is 13.0. The number of nitrogens with zero attached hydrogens (tertiary/aromatic N) is 1. The van der Waals surface area contributed by atoms with Crippen molar-refractivity contribution < 1.29 is 4.74 Å². The van der Waals surface area contributed by atoms with Crippen molar-refractivity contribution in [3.05, 3.63) is 41.3 Å². The van der Waals surface area contributed by atoms with Crippen LogP contribution in [0.15, 0.2) is 44.8 Å². The molecule has 0 bridgehead atoms. The Hall–Kier alpha value is -0.680. The second kappa shape index (κ2) is 7.80. The molecule has 0 N–H and O–H groups in total. The molecule has 1 heterocycles. The van der Waals surface area contributed by atoms with E-state index in [9.17, 15) is 0 Å². The van der Waals surface area contributed by atoms with Gasteiger partial charge in [-0.3, -0.25) is 0 Å². The van der Waals surface area contributed by atoms with Gasteiger partial charge in [-0.25, -0.2) is 0 Å². The van der Waals surface area contributed by atoms with E-state index >= 15 is 0 Å². The molecular formula is C14H18ClNOS2. The van der Waals surface area contributed by atoms with Gasteiger partial charge < -0.3 is 9.64 Å². The topological polar surface area (TPSA) is 12.5 Å². The fourth-order valence-corrected chi connectivity index (χ4v) is 3.73. The number of rotatable bonds is 5. The third-order valence-electron chi connectivity index (χ3n) is 2.44. The molecule has 5 heteroatoms. The van der Waals surface area contributed by atoms with Gasteiger partial charge in [-0.15, -0.1) is 23.7 Å². The minimum atomic E-state index is 0. The van der Waals surface area contributed by atoms with Crippen LogP contribution in [-0.2, 0) is 6.54 Å². The highest BCUT2D eigenvalue weighted by molar-refractivity contribution is 8.01. The van der Waals surface area contributed by atoms with Gasteiger partial charge in [0.05, 0.1) is 11.3 Å². The monoisotopic (exact) mass is 315 g/mol. The normalized spacial score (nSPS) is 10.3. The van der Waals surface area contributed by atoms with Crippen LogP contribution in [0, 0.1) is 0 Å². The summed E-state index contributed by atoms with van der Waals surface area (Å²) in [6, 6.07) is 10.4. The Kier molecular flexibility index (Phi) is 6.72. The minimum absolute atomic E-state index is 0. The molecule has 0 aliphatic heterocycles. The average molecular weight is 316 g/mol. The SMILES string of the molecule is COc1cccc(Sc2sccc2CN(C)C)c1.Cl. The van der Waals surface area contributed by atoms with E-state index in [4.69, 9.17) is 4.74 Å². The van der Waals surface area contributed by atoms with Crippen molar-refractivity contribution in [2.45, 2.75) is 15.6 Å². The maximum Gasteiger partial charge on any atom is 0.119 e. The summed E-state index contributed by atoms with van der Waals surface area (Å²) in [5.74, 6) is 0.908. The molecule has 0 aliphatic rings. The first-order chi connectivity index (χ1) is 8.69. The molecule has 0 atom stereocenters. The number of halogens is 1. The highest BCUT2D eigenvalue weighted by atomic mass is 35.5. The predicted octanol–water partition coefficient (Wildman–Crippen LogP) is 4.39. The van der Waals surface area contributed by atoms with Crippen molar-refractivity contribution in [3.8, 4) is 5.75 Å². The second-order valence-electron chi connectivity index (χ2n) is 4.25. The number of hydrogen-bond acceptors (Lipinski definition) is 4. The lowest BCUT2D eigenvalue weighted by molar-refractivity contribution is 0.400. The van der Waals surface area contributed by atoms with Crippen LogP contribution in [0.3, 0.4) is 0 Å². The molecule has 104 valence electrons. The fraction of sp³-hybridized carbons (Fsp3) is 0.286. The molecule has 0 fully saturated rings. The Morgan fingerprint density at radius 3 is 2.74 bits per heavy atom. The maximum atomic E-state index is 5.25. The summed E-state index contributed by atoms with van der Waals surface area (Å²) in [6.07, 6.45) is 0. The summed E-state index contributed by atoms with van der Waals surface area (Å²) in [5.41, 5.74) is 1.39. The highest BCUT2D eigenvalue weighted by Crippen LogP contribution is 2.36. The lowest BCUT2D eigenvalue weighted by atomic mass is 10.3. The molecule has 2 rings (SSSR count). The molecule has 0 aliphatic carbocycles. The van der Waals surface area contributed by atoms with Gasteiger partial charge in [-0.2, -0.15) is 0 Å². The molecule has 0 radical (unpaired) electrons. The van der Waals surface area contributed by atoms with Gasteiger partial charge in [0.2, 0.25) is 0 Å². The molecule has 1 aromatic heterocycles. The molecule has 2 aromatic rings. The Bertz CT molecular complexity index is 514. The van der Waals surface area contributed by atoms with E-state index < -0.39 is 0 Å². The van der Waals surface area contributed by atoms with Crippen LogP contribution in [0.5, 0.6) is 5.75 Å². The van der Waals surface area contributed by atoms with Crippen LogP contribution >= 0.6 is 35.5 Å². The van der Waals surface area contributed by atoms with Crippen LogP contribution in [0.4, 0.5) is 0 Å². The van der Waals surface area contributed by atoms with Gasteiger partial charge in [0.25, 0.3) is 0 Å². The Labute approximate surface area is 129 Å². The third-order valence-corrected chi connectivity index (χ3v) is 4.67. The van der Waals surface area contributed by atoms with E-state index in [2.05, 4.69) is 42.6 Å². The summed E-state index contributed by atoms with van der Waals surface area (Å²) >= 11 is 3.60. The van der Waals surface area contributed by atoms with Gasteiger partial charge in [0.1, 0.15) is 5.75 Å². The van der Waals surface area contributed by atoms with Crippen LogP contribution < -0.4 is 4.74 Å². The summed E-state index contributed by atoms with van der Waals surface area (Å²) in [6.45, 7) is 0.982. The van der Waals surface area contributed by atoms with Gasteiger partial charge in [-0.1, -0.05) is 17.8 Å². The number of ether oxygens (including phenoxy) is 1. The molecular weight excluding hydrogens is 298 g/mol.